The Kier molecular flexibility index (Phi) is 11.4. The van der Waals surface area contributed by atoms with Gasteiger partial charge in [0.05, 0.1) is 12.0 Å². The smallest absolute Gasteiger partial charge is 0.226 e. The minimum absolute atomic E-state index is 0. The highest BCUT2D eigenvalue weighted by Gasteiger charge is 2.27. The number of amides is 1. The zero-order valence-electron chi connectivity index (χ0n) is 14.4. The highest BCUT2D eigenvalue weighted by Crippen LogP contribution is 2.20. The van der Waals surface area contributed by atoms with Crippen LogP contribution in [0.15, 0.2) is 0 Å². The second-order valence-electron chi connectivity index (χ2n) is 6.86. The van der Waals surface area contributed by atoms with Gasteiger partial charge in [-0.05, 0) is 58.2 Å². The third-order valence-corrected chi connectivity index (χ3v) is 4.78. The van der Waals surface area contributed by atoms with Crippen LogP contribution in [0.3, 0.4) is 0 Å². The summed E-state index contributed by atoms with van der Waals surface area (Å²) in [6, 6.07) is 0. The van der Waals surface area contributed by atoms with E-state index >= 15 is 0 Å². The molecule has 0 saturated carbocycles. The largest absolute Gasteiger partial charge is 0.392 e. The van der Waals surface area contributed by atoms with Crippen molar-refractivity contribution in [1.82, 2.24) is 15.1 Å². The fraction of sp³-hybridized carbons (Fsp3) is 0.938. The van der Waals surface area contributed by atoms with Gasteiger partial charge in [0.2, 0.25) is 5.91 Å². The molecule has 0 radical (unpaired) electrons. The van der Waals surface area contributed by atoms with Gasteiger partial charge in [0.25, 0.3) is 0 Å². The molecule has 2 fully saturated rings. The van der Waals surface area contributed by atoms with Crippen LogP contribution in [-0.2, 0) is 4.79 Å². The number of piperidine rings is 2. The Labute approximate surface area is 153 Å². The minimum Gasteiger partial charge on any atom is -0.392 e. The number of carbonyl (C=O) groups excluding carboxylic acids is 1. The Hall–Kier alpha value is -0.0700. The van der Waals surface area contributed by atoms with Gasteiger partial charge in [-0.15, -0.1) is 24.8 Å². The third-order valence-electron chi connectivity index (χ3n) is 4.78. The summed E-state index contributed by atoms with van der Waals surface area (Å²) in [5.41, 5.74) is 0. The van der Waals surface area contributed by atoms with E-state index in [2.05, 4.69) is 10.2 Å². The summed E-state index contributed by atoms with van der Waals surface area (Å²) in [7, 11) is 1.96. The molecule has 5 nitrogen and oxygen atoms in total. The molecule has 0 aliphatic carbocycles. The first-order valence-electron chi connectivity index (χ1n) is 8.42. The van der Waals surface area contributed by atoms with Crippen molar-refractivity contribution in [3.8, 4) is 0 Å². The lowest BCUT2D eigenvalue weighted by Crippen LogP contribution is -2.45. The molecule has 138 valence electrons. The summed E-state index contributed by atoms with van der Waals surface area (Å²) in [6.07, 6.45) is 4.16. The molecule has 0 spiro atoms. The van der Waals surface area contributed by atoms with Crippen molar-refractivity contribution in [2.45, 2.75) is 38.7 Å². The Bertz CT molecular complexity index is 331. The van der Waals surface area contributed by atoms with E-state index < -0.39 is 0 Å². The zero-order valence-corrected chi connectivity index (χ0v) is 16.0. The molecule has 7 heteroatoms. The van der Waals surface area contributed by atoms with Crippen molar-refractivity contribution in [3.63, 3.8) is 0 Å². The molecule has 2 heterocycles. The predicted octanol–water partition coefficient (Wildman–Crippen LogP) is 1.38. The second kappa shape index (κ2) is 11.5. The first kappa shape index (κ1) is 22.9. The number of carbonyl (C=O) groups is 1. The van der Waals surface area contributed by atoms with Crippen LogP contribution in [0.2, 0.25) is 0 Å². The lowest BCUT2D eigenvalue weighted by Gasteiger charge is -2.35. The fourth-order valence-corrected chi connectivity index (χ4v) is 3.58. The van der Waals surface area contributed by atoms with Crippen molar-refractivity contribution >= 4 is 30.7 Å². The maximum atomic E-state index is 12.4. The van der Waals surface area contributed by atoms with Gasteiger partial charge >= 0.3 is 0 Å². The molecule has 2 rings (SSSR count). The van der Waals surface area contributed by atoms with Crippen molar-refractivity contribution in [2.75, 3.05) is 46.3 Å². The number of nitrogens with zero attached hydrogens (tertiary/aromatic N) is 2. The van der Waals surface area contributed by atoms with Gasteiger partial charge in [0.15, 0.2) is 0 Å². The van der Waals surface area contributed by atoms with Gasteiger partial charge in [0.1, 0.15) is 0 Å². The standard InChI is InChI=1S/C16H31N3O2.2ClH/c1-13(20)11-19-8-5-14(6-9-19)12-18(2)16(21)15-4-3-7-17-10-15;;/h13-15,17,20H,3-12H2,1-2H3;2*1H. The summed E-state index contributed by atoms with van der Waals surface area (Å²) in [6.45, 7) is 7.49. The van der Waals surface area contributed by atoms with Gasteiger partial charge in [-0.3, -0.25) is 4.79 Å². The maximum absolute atomic E-state index is 12.4. The number of rotatable bonds is 5. The summed E-state index contributed by atoms with van der Waals surface area (Å²) in [5.74, 6) is 1.11. The quantitative estimate of drug-likeness (QED) is 0.768. The highest BCUT2D eigenvalue weighted by molar-refractivity contribution is 5.85. The third kappa shape index (κ3) is 7.57. The number of hydrogen-bond acceptors (Lipinski definition) is 4. The number of hydrogen-bond donors (Lipinski definition) is 2. The van der Waals surface area contributed by atoms with Crippen LogP contribution in [0.25, 0.3) is 0 Å². The molecular weight excluding hydrogens is 337 g/mol. The number of aliphatic hydroxyl groups is 1. The first-order chi connectivity index (χ1) is 10.1. The predicted molar refractivity (Wildman–Crippen MR) is 98.6 cm³/mol. The molecule has 2 aliphatic heterocycles. The number of halogens is 2. The molecular formula is C16H33Cl2N3O2. The normalized spacial score (nSPS) is 24.2. The Balaban J connectivity index is 0.00000242. The summed E-state index contributed by atoms with van der Waals surface area (Å²) >= 11 is 0. The van der Waals surface area contributed by atoms with E-state index in [9.17, 15) is 9.90 Å². The zero-order chi connectivity index (χ0) is 15.2. The molecule has 1 amide bonds. The van der Waals surface area contributed by atoms with Gasteiger partial charge < -0.3 is 20.2 Å². The maximum Gasteiger partial charge on any atom is 0.226 e. The van der Waals surface area contributed by atoms with E-state index in [0.717, 1.165) is 65.0 Å². The van der Waals surface area contributed by atoms with Crippen molar-refractivity contribution in [2.24, 2.45) is 11.8 Å². The van der Waals surface area contributed by atoms with E-state index in [-0.39, 0.29) is 36.8 Å². The molecule has 0 aromatic heterocycles. The van der Waals surface area contributed by atoms with E-state index in [1.807, 2.05) is 18.9 Å². The van der Waals surface area contributed by atoms with Crippen LogP contribution in [0.4, 0.5) is 0 Å². The molecule has 23 heavy (non-hydrogen) atoms. The number of likely N-dealkylation sites (tertiary alicyclic amines) is 1. The molecule has 2 N–H and O–H groups in total. The number of nitrogens with one attached hydrogen (secondary N) is 1. The van der Waals surface area contributed by atoms with Crippen LogP contribution in [0, 0.1) is 11.8 Å². The molecule has 0 aromatic carbocycles. The van der Waals surface area contributed by atoms with Gasteiger partial charge in [-0.2, -0.15) is 0 Å². The highest BCUT2D eigenvalue weighted by atomic mass is 35.5. The van der Waals surface area contributed by atoms with Gasteiger partial charge in [-0.1, -0.05) is 0 Å². The monoisotopic (exact) mass is 369 g/mol. The van der Waals surface area contributed by atoms with E-state index in [0.29, 0.717) is 11.8 Å². The van der Waals surface area contributed by atoms with E-state index in [1.54, 1.807) is 0 Å². The van der Waals surface area contributed by atoms with Gasteiger partial charge in [0, 0.05) is 26.7 Å². The SMILES string of the molecule is CC(O)CN1CCC(CN(C)C(=O)C2CCCNC2)CC1.Cl.Cl. The molecule has 2 aliphatic rings. The molecule has 0 aromatic rings. The number of β-amino-alcohol motifs (C(OH)–C–C–N with tert-alkyl or cyclic N) is 1. The minimum atomic E-state index is -0.246. The number of aliphatic hydroxyl groups excluding tert-OH is 1. The Morgan fingerprint density at radius 2 is 1.96 bits per heavy atom. The molecule has 2 atom stereocenters. The van der Waals surface area contributed by atoms with E-state index in [1.165, 1.54) is 0 Å². The van der Waals surface area contributed by atoms with Gasteiger partial charge in [-0.25, -0.2) is 0 Å². The van der Waals surface area contributed by atoms with Crippen molar-refractivity contribution < 1.29 is 9.90 Å². The second-order valence-corrected chi connectivity index (χ2v) is 6.86. The van der Waals surface area contributed by atoms with Crippen LogP contribution < -0.4 is 5.32 Å². The van der Waals surface area contributed by atoms with Crippen molar-refractivity contribution in [3.05, 3.63) is 0 Å². The molecule has 2 unspecified atom stereocenters. The summed E-state index contributed by atoms with van der Waals surface area (Å²) < 4.78 is 0. The van der Waals surface area contributed by atoms with Crippen LogP contribution in [0.5, 0.6) is 0 Å². The molecule has 2 saturated heterocycles. The lowest BCUT2D eigenvalue weighted by atomic mass is 9.94. The van der Waals surface area contributed by atoms with Crippen LogP contribution in [0.1, 0.15) is 32.6 Å². The summed E-state index contributed by atoms with van der Waals surface area (Å²) in [4.78, 5) is 16.7. The fourth-order valence-electron chi connectivity index (χ4n) is 3.58. The lowest BCUT2D eigenvalue weighted by molar-refractivity contribution is -0.135. The average Bonchev–Trinajstić information content (AvgIpc) is 2.49. The van der Waals surface area contributed by atoms with Crippen molar-refractivity contribution in [1.29, 1.82) is 0 Å². The average molecular weight is 370 g/mol. The Morgan fingerprint density at radius 1 is 1.30 bits per heavy atom. The van der Waals surface area contributed by atoms with Crippen LogP contribution in [-0.4, -0.2) is 73.2 Å². The topological polar surface area (TPSA) is 55.8 Å². The van der Waals surface area contributed by atoms with E-state index in [4.69, 9.17) is 0 Å². The van der Waals surface area contributed by atoms with Crippen LogP contribution >= 0.6 is 24.8 Å². The summed E-state index contributed by atoms with van der Waals surface area (Å²) in [5, 5.41) is 12.8. The first-order valence-corrected chi connectivity index (χ1v) is 8.42. The molecule has 0 bridgehead atoms. The Morgan fingerprint density at radius 3 is 2.48 bits per heavy atom.